The molecule has 0 radical (unpaired) electrons. The summed E-state index contributed by atoms with van der Waals surface area (Å²) in [6.45, 7) is 1.98. The summed E-state index contributed by atoms with van der Waals surface area (Å²) in [4.78, 5) is 9.76. The summed E-state index contributed by atoms with van der Waals surface area (Å²) in [6.07, 6.45) is -1.41. The second-order valence-corrected chi connectivity index (χ2v) is 3.61. The Kier molecular flexibility index (Phi) is 4.88. The Morgan fingerprint density at radius 2 is 1.78 bits per heavy atom. The Bertz CT molecular complexity index is 380. The number of ether oxygens (including phenoxy) is 2. The zero-order valence-electron chi connectivity index (χ0n) is 9.86. The molecule has 1 aliphatic heterocycles. The Hall–Kier alpha value is -1.85. The van der Waals surface area contributed by atoms with E-state index in [1.165, 1.54) is 12.1 Å². The van der Waals surface area contributed by atoms with Crippen LogP contribution in [0.1, 0.15) is 26.2 Å². The minimum atomic E-state index is -3.50. The number of carbonyl (C=O) groups is 1. The van der Waals surface area contributed by atoms with Gasteiger partial charge in [0.05, 0.1) is 0 Å². The van der Waals surface area contributed by atoms with Gasteiger partial charge in [0.2, 0.25) is 0 Å². The van der Waals surface area contributed by atoms with E-state index in [2.05, 4.69) is 9.47 Å². The van der Waals surface area contributed by atoms with Crippen molar-refractivity contribution >= 4 is 5.97 Å². The summed E-state index contributed by atoms with van der Waals surface area (Å²) in [6, 6.07) is 6.06. The molecule has 0 amide bonds. The molecule has 0 atom stereocenters. The largest absolute Gasteiger partial charge is 0.586 e. The lowest BCUT2D eigenvalue weighted by Crippen LogP contribution is -2.25. The maximum atomic E-state index is 12.3. The number of rotatable bonds is 3. The lowest BCUT2D eigenvalue weighted by molar-refractivity contribution is -0.286. The molecule has 0 saturated heterocycles. The number of alkyl halides is 2. The Morgan fingerprint density at radius 3 is 2.11 bits per heavy atom. The van der Waals surface area contributed by atoms with Gasteiger partial charge in [0.25, 0.3) is 0 Å². The summed E-state index contributed by atoms with van der Waals surface area (Å²) in [5, 5.41) is 8.04. The molecule has 0 spiro atoms. The van der Waals surface area contributed by atoms with E-state index >= 15 is 0 Å². The van der Waals surface area contributed by atoms with E-state index in [-0.39, 0.29) is 11.5 Å². The second kappa shape index (κ2) is 6.18. The molecule has 18 heavy (non-hydrogen) atoms. The van der Waals surface area contributed by atoms with Crippen LogP contribution in [0.4, 0.5) is 8.78 Å². The van der Waals surface area contributed by atoms with Gasteiger partial charge in [-0.3, -0.25) is 4.79 Å². The average molecular weight is 260 g/mol. The standard InChI is InChI=1S/C7H4F2O2.C5H10O2/c8-7(9)10-5-3-1-2-4-6(5)11-7;1-2-3-4-5(6)7/h1-4H;2-4H2,1H3,(H,6,7). The van der Waals surface area contributed by atoms with Crippen molar-refractivity contribution in [1.29, 1.82) is 0 Å². The van der Waals surface area contributed by atoms with Gasteiger partial charge in [-0.1, -0.05) is 25.5 Å². The fourth-order valence-corrected chi connectivity index (χ4v) is 1.22. The van der Waals surface area contributed by atoms with E-state index in [0.29, 0.717) is 6.42 Å². The molecule has 6 heteroatoms. The highest BCUT2D eigenvalue weighted by Crippen LogP contribution is 2.39. The van der Waals surface area contributed by atoms with Crippen LogP contribution in [0.5, 0.6) is 11.5 Å². The summed E-state index contributed by atoms with van der Waals surface area (Å²) in [5.41, 5.74) is 0. The van der Waals surface area contributed by atoms with Crippen molar-refractivity contribution in [2.45, 2.75) is 32.5 Å². The maximum Gasteiger partial charge on any atom is 0.586 e. The summed E-state index contributed by atoms with van der Waals surface area (Å²) in [7, 11) is 0. The van der Waals surface area contributed by atoms with Gasteiger partial charge in [-0.05, 0) is 18.6 Å². The number of hydrogen-bond donors (Lipinski definition) is 1. The molecule has 100 valence electrons. The number of fused-ring (bicyclic) bond motifs is 1. The van der Waals surface area contributed by atoms with Gasteiger partial charge in [-0.2, -0.15) is 0 Å². The minimum Gasteiger partial charge on any atom is -0.481 e. The van der Waals surface area contributed by atoms with Gasteiger partial charge in [-0.15, -0.1) is 8.78 Å². The summed E-state index contributed by atoms with van der Waals surface area (Å²) in [5.74, 6) is -0.531. The molecule has 1 aromatic rings. The van der Waals surface area contributed by atoms with Gasteiger partial charge < -0.3 is 14.6 Å². The lowest BCUT2D eigenvalue weighted by atomic mass is 10.3. The van der Waals surface area contributed by atoms with E-state index in [1.54, 1.807) is 12.1 Å². The smallest absolute Gasteiger partial charge is 0.481 e. The third-order valence-corrected chi connectivity index (χ3v) is 2.05. The van der Waals surface area contributed by atoms with Crippen LogP contribution in [0.2, 0.25) is 0 Å². The molecule has 4 nitrogen and oxygen atoms in total. The fraction of sp³-hybridized carbons (Fsp3) is 0.417. The van der Waals surface area contributed by atoms with Crippen molar-refractivity contribution in [3.8, 4) is 11.5 Å². The van der Waals surface area contributed by atoms with Crippen LogP contribution in [0.25, 0.3) is 0 Å². The quantitative estimate of drug-likeness (QED) is 0.906. The van der Waals surface area contributed by atoms with Gasteiger partial charge in [-0.25, -0.2) is 0 Å². The van der Waals surface area contributed by atoms with E-state index < -0.39 is 12.3 Å². The summed E-state index contributed by atoms with van der Waals surface area (Å²) >= 11 is 0. The third kappa shape index (κ3) is 4.57. The van der Waals surface area contributed by atoms with Gasteiger partial charge in [0.1, 0.15) is 0 Å². The number of halogens is 2. The van der Waals surface area contributed by atoms with Gasteiger partial charge >= 0.3 is 12.3 Å². The molecule has 0 bridgehead atoms. The first-order valence-corrected chi connectivity index (χ1v) is 5.51. The molecule has 1 aliphatic rings. The number of benzene rings is 1. The number of carboxylic acid groups (broad SMARTS) is 1. The van der Waals surface area contributed by atoms with Crippen molar-refractivity contribution in [3.63, 3.8) is 0 Å². The minimum absolute atomic E-state index is 0.0810. The Balaban J connectivity index is 0.000000203. The van der Waals surface area contributed by atoms with E-state index in [4.69, 9.17) is 5.11 Å². The highest BCUT2D eigenvalue weighted by atomic mass is 19.3. The molecular weight excluding hydrogens is 246 g/mol. The van der Waals surface area contributed by atoms with Crippen LogP contribution >= 0.6 is 0 Å². The lowest BCUT2D eigenvalue weighted by Gasteiger charge is -2.04. The number of hydrogen-bond acceptors (Lipinski definition) is 3. The van der Waals surface area contributed by atoms with Gasteiger partial charge in [0.15, 0.2) is 11.5 Å². The molecule has 1 aromatic carbocycles. The monoisotopic (exact) mass is 260 g/mol. The van der Waals surface area contributed by atoms with Crippen LogP contribution in [0.3, 0.4) is 0 Å². The second-order valence-electron chi connectivity index (χ2n) is 3.61. The molecular formula is C12H14F2O4. The first-order chi connectivity index (χ1) is 8.44. The highest BCUT2D eigenvalue weighted by molar-refractivity contribution is 5.66. The van der Waals surface area contributed by atoms with Crippen molar-refractivity contribution in [1.82, 2.24) is 0 Å². The van der Waals surface area contributed by atoms with Crippen molar-refractivity contribution in [2.24, 2.45) is 0 Å². The molecule has 0 unspecified atom stereocenters. The predicted molar refractivity (Wildman–Crippen MR) is 59.8 cm³/mol. The topological polar surface area (TPSA) is 55.8 Å². The van der Waals surface area contributed by atoms with E-state index in [9.17, 15) is 13.6 Å². The van der Waals surface area contributed by atoms with Gasteiger partial charge in [0, 0.05) is 6.42 Å². The van der Waals surface area contributed by atoms with Crippen molar-refractivity contribution in [2.75, 3.05) is 0 Å². The SMILES string of the molecule is CCCCC(=O)O.FC1(F)Oc2ccccc2O1. The van der Waals surface area contributed by atoms with Crippen LogP contribution < -0.4 is 9.47 Å². The van der Waals surface area contributed by atoms with Crippen LogP contribution in [0.15, 0.2) is 24.3 Å². The predicted octanol–water partition coefficient (Wildman–Crippen LogP) is 3.27. The molecule has 0 fully saturated rings. The van der Waals surface area contributed by atoms with Crippen molar-refractivity contribution in [3.05, 3.63) is 24.3 Å². The Morgan fingerprint density at radius 1 is 1.28 bits per heavy atom. The molecule has 1 heterocycles. The zero-order chi connectivity index (χ0) is 13.6. The first kappa shape index (κ1) is 14.2. The molecule has 0 saturated carbocycles. The third-order valence-electron chi connectivity index (χ3n) is 2.05. The first-order valence-electron chi connectivity index (χ1n) is 5.51. The van der Waals surface area contributed by atoms with E-state index in [1.807, 2.05) is 6.92 Å². The highest BCUT2D eigenvalue weighted by Gasteiger charge is 2.42. The van der Waals surface area contributed by atoms with Crippen LogP contribution in [0, 0.1) is 0 Å². The number of para-hydroxylation sites is 2. The number of aliphatic carboxylic acids is 1. The molecule has 0 aromatic heterocycles. The van der Waals surface area contributed by atoms with Crippen LogP contribution in [-0.2, 0) is 4.79 Å². The fourth-order valence-electron chi connectivity index (χ4n) is 1.22. The summed E-state index contributed by atoms with van der Waals surface area (Å²) < 4.78 is 32.9. The number of carboxylic acids is 1. The van der Waals surface area contributed by atoms with E-state index in [0.717, 1.165) is 12.8 Å². The zero-order valence-corrected chi connectivity index (χ0v) is 9.86. The molecule has 0 aliphatic carbocycles. The number of unbranched alkanes of at least 4 members (excludes halogenated alkanes) is 1. The molecule has 1 N–H and O–H groups in total. The Labute approximate surface area is 103 Å². The average Bonchev–Trinajstić information content (AvgIpc) is 2.60. The van der Waals surface area contributed by atoms with Crippen LogP contribution in [-0.4, -0.2) is 17.4 Å². The normalized spacial score (nSPS) is 14.6. The maximum absolute atomic E-state index is 12.3. The molecule has 2 rings (SSSR count). The van der Waals surface area contributed by atoms with Crippen molar-refractivity contribution < 1.29 is 28.2 Å².